The minimum atomic E-state index is 0.579. The van der Waals surface area contributed by atoms with E-state index in [1.165, 1.54) is 0 Å². The molecule has 0 aliphatic heterocycles. The van der Waals surface area contributed by atoms with Gasteiger partial charge in [0, 0.05) is 18.3 Å². The lowest BCUT2D eigenvalue weighted by Gasteiger charge is -2.09. The van der Waals surface area contributed by atoms with Gasteiger partial charge in [0.25, 0.3) is 0 Å². The molecule has 1 atom stereocenters. The van der Waals surface area contributed by atoms with Gasteiger partial charge in [0.05, 0.1) is 0 Å². The minimum Gasteiger partial charge on any atom is -0.329 e. The van der Waals surface area contributed by atoms with Gasteiger partial charge in [-0.3, -0.25) is 0 Å². The Morgan fingerprint density at radius 2 is 2.21 bits per heavy atom. The number of aromatic nitrogens is 3. The predicted molar refractivity (Wildman–Crippen MR) is 59.4 cm³/mol. The molecule has 80 valence electrons. The molecule has 1 aromatic heterocycles. The molecular formula is C9H18N4S. The molecule has 2 N–H and O–H groups in total. The number of nitrogens with two attached hydrogens (primary N) is 1. The molecule has 4 nitrogen and oxygen atoms in total. The van der Waals surface area contributed by atoms with Crippen molar-refractivity contribution in [3.8, 4) is 0 Å². The van der Waals surface area contributed by atoms with E-state index in [1.54, 1.807) is 11.8 Å². The van der Waals surface area contributed by atoms with E-state index in [2.05, 4.69) is 28.6 Å². The Balaban J connectivity index is 2.75. The summed E-state index contributed by atoms with van der Waals surface area (Å²) in [6.45, 7) is 7.77. The summed E-state index contributed by atoms with van der Waals surface area (Å²) in [6, 6.07) is 0. The summed E-state index contributed by atoms with van der Waals surface area (Å²) < 4.78 is 2.08. The molecule has 1 heterocycles. The van der Waals surface area contributed by atoms with E-state index in [9.17, 15) is 0 Å². The quantitative estimate of drug-likeness (QED) is 0.753. The van der Waals surface area contributed by atoms with Gasteiger partial charge in [0.2, 0.25) is 0 Å². The van der Waals surface area contributed by atoms with Crippen molar-refractivity contribution in [1.82, 2.24) is 14.8 Å². The number of rotatable bonds is 5. The number of nitrogens with zero attached hydrogens (tertiary/aromatic N) is 3. The lowest BCUT2D eigenvalue weighted by Crippen LogP contribution is -2.12. The molecule has 1 rings (SSSR count). The van der Waals surface area contributed by atoms with Gasteiger partial charge < -0.3 is 10.3 Å². The van der Waals surface area contributed by atoms with Crippen LogP contribution in [0.3, 0.4) is 0 Å². The molecule has 14 heavy (non-hydrogen) atoms. The first-order valence-corrected chi connectivity index (χ1v) is 5.83. The van der Waals surface area contributed by atoms with Gasteiger partial charge in [0.15, 0.2) is 5.16 Å². The molecule has 0 aromatic carbocycles. The molecule has 0 amide bonds. The Morgan fingerprint density at radius 3 is 2.79 bits per heavy atom. The van der Waals surface area contributed by atoms with Crippen molar-refractivity contribution in [2.45, 2.75) is 44.1 Å². The van der Waals surface area contributed by atoms with E-state index in [0.29, 0.717) is 11.8 Å². The lowest BCUT2D eigenvalue weighted by atomic mass is 10.4. The highest BCUT2D eigenvalue weighted by molar-refractivity contribution is 7.99. The van der Waals surface area contributed by atoms with Gasteiger partial charge >= 0.3 is 0 Å². The highest BCUT2D eigenvalue weighted by atomic mass is 32.2. The second-order valence-corrected chi connectivity index (χ2v) is 4.71. The molecular weight excluding hydrogens is 196 g/mol. The van der Waals surface area contributed by atoms with E-state index in [-0.39, 0.29) is 0 Å². The smallest absolute Gasteiger partial charge is 0.191 e. The van der Waals surface area contributed by atoms with Crippen LogP contribution < -0.4 is 5.73 Å². The average molecular weight is 214 g/mol. The van der Waals surface area contributed by atoms with Crippen molar-refractivity contribution in [3.63, 3.8) is 0 Å². The fourth-order valence-electron chi connectivity index (χ4n) is 1.10. The van der Waals surface area contributed by atoms with Crippen LogP contribution in [0.4, 0.5) is 0 Å². The van der Waals surface area contributed by atoms with Gasteiger partial charge in [-0.05, 0) is 13.3 Å². The average Bonchev–Trinajstić information content (AvgIpc) is 2.50. The third kappa shape index (κ3) is 2.72. The molecule has 0 saturated heterocycles. The van der Waals surface area contributed by atoms with Crippen LogP contribution >= 0.6 is 11.8 Å². The Labute approximate surface area is 89.3 Å². The molecule has 0 aliphatic carbocycles. The zero-order valence-electron chi connectivity index (χ0n) is 9.03. The van der Waals surface area contributed by atoms with Gasteiger partial charge in [-0.15, -0.1) is 10.2 Å². The number of thioether (sulfide) groups is 1. The predicted octanol–water partition coefficient (Wildman–Crippen LogP) is 1.44. The van der Waals surface area contributed by atoms with Gasteiger partial charge in [-0.25, -0.2) is 0 Å². The second kappa shape index (κ2) is 5.36. The lowest BCUT2D eigenvalue weighted by molar-refractivity contribution is 0.626. The number of hydrogen-bond donors (Lipinski definition) is 1. The summed E-state index contributed by atoms with van der Waals surface area (Å²) in [5.74, 6) is 0.946. The highest BCUT2D eigenvalue weighted by Gasteiger charge is 2.11. The SMILES string of the molecule is CCC(C)Sc1nnc(C)n1CCN. The van der Waals surface area contributed by atoms with Crippen LogP contribution in [0, 0.1) is 6.92 Å². The van der Waals surface area contributed by atoms with Crippen molar-refractivity contribution in [2.75, 3.05) is 6.54 Å². The summed E-state index contributed by atoms with van der Waals surface area (Å²) in [7, 11) is 0. The summed E-state index contributed by atoms with van der Waals surface area (Å²) >= 11 is 1.76. The zero-order chi connectivity index (χ0) is 10.6. The molecule has 0 aliphatic rings. The van der Waals surface area contributed by atoms with Gasteiger partial charge in [0.1, 0.15) is 5.82 Å². The second-order valence-electron chi connectivity index (χ2n) is 3.31. The van der Waals surface area contributed by atoms with E-state index in [1.807, 2.05) is 6.92 Å². The molecule has 1 aromatic rings. The van der Waals surface area contributed by atoms with Crippen LogP contribution in [0.25, 0.3) is 0 Å². The minimum absolute atomic E-state index is 0.579. The number of hydrogen-bond acceptors (Lipinski definition) is 4. The van der Waals surface area contributed by atoms with Crippen LogP contribution in [0.15, 0.2) is 5.16 Å². The molecule has 0 radical (unpaired) electrons. The van der Waals surface area contributed by atoms with Crippen LogP contribution in [0.1, 0.15) is 26.1 Å². The Hall–Kier alpha value is -0.550. The fourth-order valence-corrected chi connectivity index (χ4v) is 2.06. The van der Waals surface area contributed by atoms with Crippen LogP contribution in [-0.4, -0.2) is 26.6 Å². The summed E-state index contributed by atoms with van der Waals surface area (Å²) in [4.78, 5) is 0. The van der Waals surface area contributed by atoms with Crippen molar-refractivity contribution in [1.29, 1.82) is 0 Å². The molecule has 1 unspecified atom stereocenters. The Kier molecular flexibility index (Phi) is 4.41. The van der Waals surface area contributed by atoms with E-state index in [0.717, 1.165) is 23.9 Å². The largest absolute Gasteiger partial charge is 0.329 e. The van der Waals surface area contributed by atoms with Crippen LogP contribution in [0.2, 0.25) is 0 Å². The Bertz CT molecular complexity index is 284. The molecule has 0 bridgehead atoms. The summed E-state index contributed by atoms with van der Waals surface area (Å²) in [6.07, 6.45) is 1.14. The highest BCUT2D eigenvalue weighted by Crippen LogP contribution is 2.23. The number of aryl methyl sites for hydroxylation is 1. The van der Waals surface area contributed by atoms with Gasteiger partial charge in [-0.2, -0.15) is 0 Å². The van der Waals surface area contributed by atoms with Crippen LogP contribution in [0.5, 0.6) is 0 Å². The molecule has 5 heteroatoms. The first kappa shape index (κ1) is 11.5. The van der Waals surface area contributed by atoms with Crippen molar-refractivity contribution in [2.24, 2.45) is 5.73 Å². The van der Waals surface area contributed by atoms with E-state index < -0.39 is 0 Å². The van der Waals surface area contributed by atoms with Crippen molar-refractivity contribution in [3.05, 3.63) is 5.82 Å². The van der Waals surface area contributed by atoms with Crippen molar-refractivity contribution >= 4 is 11.8 Å². The maximum Gasteiger partial charge on any atom is 0.191 e. The third-order valence-corrected chi connectivity index (χ3v) is 3.38. The maximum atomic E-state index is 5.54. The van der Waals surface area contributed by atoms with Crippen molar-refractivity contribution < 1.29 is 0 Å². The topological polar surface area (TPSA) is 56.7 Å². The zero-order valence-corrected chi connectivity index (χ0v) is 9.84. The summed E-state index contributed by atoms with van der Waals surface area (Å²) in [5, 5.41) is 9.77. The summed E-state index contributed by atoms with van der Waals surface area (Å²) in [5.41, 5.74) is 5.54. The molecule has 0 saturated carbocycles. The van der Waals surface area contributed by atoms with E-state index in [4.69, 9.17) is 5.73 Å². The van der Waals surface area contributed by atoms with E-state index >= 15 is 0 Å². The Morgan fingerprint density at radius 1 is 1.50 bits per heavy atom. The fraction of sp³-hybridized carbons (Fsp3) is 0.778. The van der Waals surface area contributed by atoms with Gasteiger partial charge in [-0.1, -0.05) is 25.6 Å². The monoisotopic (exact) mass is 214 g/mol. The van der Waals surface area contributed by atoms with Crippen LogP contribution in [-0.2, 0) is 6.54 Å². The normalized spacial score (nSPS) is 13.1. The molecule has 0 spiro atoms. The standard InChI is InChI=1S/C9H18N4S/c1-4-7(2)14-9-12-11-8(3)13(9)6-5-10/h7H,4-6,10H2,1-3H3. The first-order valence-electron chi connectivity index (χ1n) is 4.95. The maximum absolute atomic E-state index is 5.54. The third-order valence-electron chi connectivity index (χ3n) is 2.14. The molecule has 0 fully saturated rings. The first-order chi connectivity index (χ1) is 6.69.